The molecule has 146 valence electrons. The molecule has 1 unspecified atom stereocenters. The first-order valence-electron chi connectivity index (χ1n) is 9.03. The number of nitrogens with zero attached hydrogens (tertiary/aromatic N) is 1. The van der Waals surface area contributed by atoms with Crippen LogP contribution in [0.5, 0.6) is 5.75 Å². The molecule has 0 radical (unpaired) electrons. The number of imide groups is 1. The quantitative estimate of drug-likeness (QED) is 0.715. The van der Waals surface area contributed by atoms with Crippen molar-refractivity contribution < 1.29 is 24.2 Å². The van der Waals surface area contributed by atoms with Gasteiger partial charge in [0, 0.05) is 12.1 Å². The topological polar surface area (TPSA) is 95.9 Å². The van der Waals surface area contributed by atoms with Gasteiger partial charge in [0.25, 0.3) is 0 Å². The summed E-state index contributed by atoms with van der Waals surface area (Å²) in [6.45, 7) is 3.91. The Kier molecular flexibility index (Phi) is 5.63. The van der Waals surface area contributed by atoms with Crippen molar-refractivity contribution in [3.05, 3.63) is 59.7 Å². The van der Waals surface area contributed by atoms with Gasteiger partial charge in [-0.25, -0.2) is 4.79 Å². The highest BCUT2D eigenvalue weighted by molar-refractivity contribution is 6.06. The largest absolute Gasteiger partial charge is 0.491 e. The van der Waals surface area contributed by atoms with Crippen molar-refractivity contribution >= 4 is 23.5 Å². The van der Waals surface area contributed by atoms with E-state index in [-0.39, 0.29) is 36.6 Å². The second kappa shape index (κ2) is 8.12. The standard InChI is InChI=1S/C21H22N2O5/c1-13(2)28-17-9-5-14(6-10-17)18-11-19(24)23(20(18)25)12-22-16-7-3-15(4-8-16)21(26)27/h3-10,13,18,22H,11-12H2,1-2H3,(H,26,27). The first-order chi connectivity index (χ1) is 13.3. The number of carbonyl (C=O) groups is 3. The van der Waals surface area contributed by atoms with Crippen LogP contribution < -0.4 is 10.1 Å². The fourth-order valence-corrected chi connectivity index (χ4v) is 3.06. The minimum atomic E-state index is -1.01. The van der Waals surface area contributed by atoms with Crippen molar-refractivity contribution in [2.45, 2.75) is 32.3 Å². The Morgan fingerprint density at radius 3 is 2.36 bits per heavy atom. The van der Waals surface area contributed by atoms with Crippen LogP contribution in [0.25, 0.3) is 0 Å². The molecule has 1 saturated heterocycles. The number of carboxylic acid groups (broad SMARTS) is 1. The number of ether oxygens (including phenoxy) is 1. The predicted molar refractivity (Wildman–Crippen MR) is 103 cm³/mol. The normalized spacial score (nSPS) is 16.5. The van der Waals surface area contributed by atoms with Gasteiger partial charge in [0.2, 0.25) is 11.8 Å². The fourth-order valence-electron chi connectivity index (χ4n) is 3.06. The molecule has 1 atom stereocenters. The molecule has 2 N–H and O–H groups in total. The number of hydrogen-bond donors (Lipinski definition) is 2. The van der Waals surface area contributed by atoms with E-state index < -0.39 is 11.9 Å². The zero-order chi connectivity index (χ0) is 20.3. The van der Waals surface area contributed by atoms with Crippen molar-refractivity contribution in [2.75, 3.05) is 12.0 Å². The molecule has 28 heavy (non-hydrogen) atoms. The molecule has 7 heteroatoms. The lowest BCUT2D eigenvalue weighted by molar-refractivity contribution is -0.138. The lowest BCUT2D eigenvalue weighted by Gasteiger charge is -2.17. The van der Waals surface area contributed by atoms with Gasteiger partial charge in [-0.3, -0.25) is 14.5 Å². The summed E-state index contributed by atoms with van der Waals surface area (Å²) < 4.78 is 5.60. The second-order valence-electron chi connectivity index (χ2n) is 6.87. The van der Waals surface area contributed by atoms with Gasteiger partial charge in [0.05, 0.1) is 24.3 Å². The van der Waals surface area contributed by atoms with E-state index in [4.69, 9.17) is 9.84 Å². The summed E-state index contributed by atoms with van der Waals surface area (Å²) in [5, 5.41) is 11.9. The van der Waals surface area contributed by atoms with Crippen molar-refractivity contribution in [1.29, 1.82) is 0 Å². The SMILES string of the molecule is CC(C)Oc1ccc(C2CC(=O)N(CNc3ccc(C(=O)O)cc3)C2=O)cc1. The number of carboxylic acids is 1. The van der Waals surface area contributed by atoms with Gasteiger partial charge in [-0.1, -0.05) is 12.1 Å². The van der Waals surface area contributed by atoms with Crippen LogP contribution in [0.1, 0.15) is 42.1 Å². The second-order valence-corrected chi connectivity index (χ2v) is 6.87. The highest BCUT2D eigenvalue weighted by atomic mass is 16.5. The molecule has 1 aliphatic heterocycles. The van der Waals surface area contributed by atoms with Crippen LogP contribution in [-0.2, 0) is 9.59 Å². The molecule has 1 aliphatic rings. The molecule has 1 heterocycles. The van der Waals surface area contributed by atoms with E-state index in [1.54, 1.807) is 24.3 Å². The summed E-state index contributed by atoms with van der Waals surface area (Å²) in [6, 6.07) is 13.4. The minimum absolute atomic E-state index is 0.0368. The molecular formula is C21H22N2O5. The summed E-state index contributed by atoms with van der Waals surface area (Å²) in [5.74, 6) is -1.29. The maximum atomic E-state index is 12.7. The highest BCUT2D eigenvalue weighted by Crippen LogP contribution is 2.30. The molecule has 3 rings (SSSR count). The predicted octanol–water partition coefficient (Wildman–Crippen LogP) is 3.08. The molecule has 0 aromatic heterocycles. The first kappa shape index (κ1) is 19.4. The van der Waals surface area contributed by atoms with Crippen LogP contribution >= 0.6 is 0 Å². The van der Waals surface area contributed by atoms with E-state index in [1.807, 2.05) is 26.0 Å². The monoisotopic (exact) mass is 382 g/mol. The zero-order valence-electron chi connectivity index (χ0n) is 15.7. The van der Waals surface area contributed by atoms with Gasteiger partial charge in [-0.15, -0.1) is 0 Å². The number of carbonyl (C=O) groups excluding carboxylic acids is 2. The van der Waals surface area contributed by atoms with Crippen molar-refractivity contribution in [3.8, 4) is 5.75 Å². The van der Waals surface area contributed by atoms with E-state index in [1.165, 1.54) is 17.0 Å². The average Bonchev–Trinajstić information content (AvgIpc) is 2.94. The van der Waals surface area contributed by atoms with Crippen LogP contribution in [0.3, 0.4) is 0 Å². The third-order valence-electron chi connectivity index (χ3n) is 4.47. The molecule has 2 aromatic carbocycles. The van der Waals surface area contributed by atoms with Crippen LogP contribution in [0.4, 0.5) is 5.69 Å². The molecule has 0 bridgehead atoms. The summed E-state index contributed by atoms with van der Waals surface area (Å²) in [5.41, 5.74) is 1.58. The summed E-state index contributed by atoms with van der Waals surface area (Å²) in [6.07, 6.45) is 0.190. The summed E-state index contributed by atoms with van der Waals surface area (Å²) >= 11 is 0. The van der Waals surface area contributed by atoms with Crippen LogP contribution in [0.15, 0.2) is 48.5 Å². The lowest BCUT2D eigenvalue weighted by Crippen LogP contribution is -2.34. The highest BCUT2D eigenvalue weighted by Gasteiger charge is 2.39. The van der Waals surface area contributed by atoms with Gasteiger partial charge < -0.3 is 15.2 Å². The number of hydrogen-bond acceptors (Lipinski definition) is 5. The Labute approximate surface area is 162 Å². The van der Waals surface area contributed by atoms with Crippen molar-refractivity contribution in [2.24, 2.45) is 0 Å². The first-order valence-corrected chi connectivity index (χ1v) is 9.03. The number of amides is 2. The maximum Gasteiger partial charge on any atom is 0.335 e. The Morgan fingerprint density at radius 2 is 1.79 bits per heavy atom. The molecule has 0 aliphatic carbocycles. The van der Waals surface area contributed by atoms with Crippen LogP contribution in [0, 0.1) is 0 Å². The molecule has 0 saturated carbocycles. The maximum absolute atomic E-state index is 12.7. The molecule has 2 amide bonds. The summed E-state index contributed by atoms with van der Waals surface area (Å²) in [4.78, 5) is 37.1. The molecule has 0 spiro atoms. The fraction of sp³-hybridized carbons (Fsp3) is 0.286. The van der Waals surface area contributed by atoms with Gasteiger partial charge in [-0.05, 0) is 55.8 Å². The molecule has 2 aromatic rings. The van der Waals surface area contributed by atoms with E-state index in [0.717, 1.165) is 11.3 Å². The number of rotatable bonds is 7. The Morgan fingerprint density at radius 1 is 1.14 bits per heavy atom. The number of anilines is 1. The van der Waals surface area contributed by atoms with E-state index in [0.29, 0.717) is 5.69 Å². The Hall–Kier alpha value is -3.35. The van der Waals surface area contributed by atoms with Gasteiger partial charge in [0.15, 0.2) is 0 Å². The summed E-state index contributed by atoms with van der Waals surface area (Å²) in [7, 11) is 0. The van der Waals surface area contributed by atoms with E-state index in [2.05, 4.69) is 5.32 Å². The van der Waals surface area contributed by atoms with E-state index >= 15 is 0 Å². The number of aromatic carboxylic acids is 1. The Balaban J connectivity index is 1.63. The van der Waals surface area contributed by atoms with Gasteiger partial charge in [-0.2, -0.15) is 0 Å². The number of likely N-dealkylation sites (tertiary alicyclic amines) is 1. The van der Waals surface area contributed by atoms with Crippen molar-refractivity contribution in [1.82, 2.24) is 4.90 Å². The van der Waals surface area contributed by atoms with Crippen molar-refractivity contribution in [3.63, 3.8) is 0 Å². The number of benzene rings is 2. The van der Waals surface area contributed by atoms with Crippen LogP contribution in [0.2, 0.25) is 0 Å². The Bertz CT molecular complexity index is 875. The third kappa shape index (κ3) is 4.31. The smallest absolute Gasteiger partial charge is 0.335 e. The van der Waals surface area contributed by atoms with E-state index in [9.17, 15) is 14.4 Å². The number of nitrogens with one attached hydrogen (secondary N) is 1. The molecular weight excluding hydrogens is 360 g/mol. The molecule has 1 fully saturated rings. The molecule has 7 nitrogen and oxygen atoms in total. The van der Waals surface area contributed by atoms with Gasteiger partial charge >= 0.3 is 5.97 Å². The van der Waals surface area contributed by atoms with Crippen LogP contribution in [-0.4, -0.2) is 40.6 Å². The average molecular weight is 382 g/mol. The third-order valence-corrected chi connectivity index (χ3v) is 4.47. The lowest BCUT2D eigenvalue weighted by atomic mass is 9.97. The van der Waals surface area contributed by atoms with Gasteiger partial charge in [0.1, 0.15) is 5.75 Å². The zero-order valence-corrected chi connectivity index (χ0v) is 15.7. The minimum Gasteiger partial charge on any atom is -0.491 e.